The summed E-state index contributed by atoms with van der Waals surface area (Å²) >= 11 is 5.74. The van der Waals surface area contributed by atoms with Crippen LogP contribution < -0.4 is 4.74 Å². The zero-order chi connectivity index (χ0) is 11.0. The number of methoxy groups -OCH3 is 1. The van der Waals surface area contributed by atoms with E-state index in [-0.39, 0.29) is 5.15 Å². The predicted molar refractivity (Wildman–Crippen MR) is 53.2 cm³/mol. The van der Waals surface area contributed by atoms with Crippen LogP contribution in [0.5, 0.6) is 5.75 Å². The number of rotatable bonds is 1. The van der Waals surface area contributed by atoms with Crippen LogP contribution in [0.4, 0.5) is 8.78 Å². The van der Waals surface area contributed by atoms with Gasteiger partial charge in [0.05, 0.1) is 12.6 Å². The number of hydrogen-bond acceptors (Lipinski definition) is 2. The van der Waals surface area contributed by atoms with Crippen molar-refractivity contribution >= 4 is 22.5 Å². The molecule has 0 atom stereocenters. The van der Waals surface area contributed by atoms with Crippen LogP contribution in [0.1, 0.15) is 0 Å². The monoisotopic (exact) mass is 229 g/mol. The van der Waals surface area contributed by atoms with Gasteiger partial charge in [-0.05, 0) is 12.1 Å². The van der Waals surface area contributed by atoms with Gasteiger partial charge in [0, 0.05) is 11.5 Å². The molecule has 15 heavy (non-hydrogen) atoms. The number of aromatic nitrogens is 1. The zero-order valence-electron chi connectivity index (χ0n) is 7.72. The Morgan fingerprint density at radius 3 is 2.53 bits per heavy atom. The smallest absolute Gasteiger partial charge is 0.171 e. The minimum atomic E-state index is -0.948. The molecule has 0 unspecified atom stereocenters. The average Bonchev–Trinajstić information content (AvgIpc) is 2.20. The molecular formula is C10H6ClF2NO. The van der Waals surface area contributed by atoms with Gasteiger partial charge in [-0.2, -0.15) is 0 Å². The summed E-state index contributed by atoms with van der Waals surface area (Å²) in [5.41, 5.74) is 0.291. The van der Waals surface area contributed by atoms with Crippen molar-refractivity contribution < 1.29 is 13.5 Å². The number of pyridine rings is 1. The van der Waals surface area contributed by atoms with E-state index in [4.69, 9.17) is 16.3 Å². The van der Waals surface area contributed by atoms with E-state index in [0.29, 0.717) is 16.7 Å². The number of hydrogen-bond donors (Lipinski definition) is 0. The Kier molecular flexibility index (Phi) is 2.44. The van der Waals surface area contributed by atoms with Crippen LogP contribution in [0, 0.1) is 11.6 Å². The van der Waals surface area contributed by atoms with Crippen LogP contribution in [0.15, 0.2) is 18.2 Å². The second-order valence-corrected chi connectivity index (χ2v) is 3.30. The highest BCUT2D eigenvalue weighted by Gasteiger charge is 2.09. The van der Waals surface area contributed by atoms with Gasteiger partial charge in [-0.15, -0.1) is 0 Å². The third-order valence-corrected chi connectivity index (χ3v) is 2.27. The summed E-state index contributed by atoms with van der Waals surface area (Å²) in [6.45, 7) is 0. The lowest BCUT2D eigenvalue weighted by Crippen LogP contribution is -1.91. The van der Waals surface area contributed by atoms with Gasteiger partial charge < -0.3 is 4.74 Å². The molecule has 0 spiro atoms. The molecule has 2 rings (SSSR count). The topological polar surface area (TPSA) is 22.1 Å². The number of benzene rings is 1. The van der Waals surface area contributed by atoms with Gasteiger partial charge in [0.1, 0.15) is 0 Å². The van der Waals surface area contributed by atoms with Crippen LogP contribution in [0.3, 0.4) is 0 Å². The van der Waals surface area contributed by atoms with Crippen molar-refractivity contribution in [3.8, 4) is 5.75 Å². The number of halogens is 3. The molecule has 0 bridgehead atoms. The van der Waals surface area contributed by atoms with E-state index in [9.17, 15) is 8.78 Å². The van der Waals surface area contributed by atoms with Gasteiger partial charge in [-0.1, -0.05) is 11.6 Å². The Morgan fingerprint density at radius 2 is 1.87 bits per heavy atom. The van der Waals surface area contributed by atoms with E-state index < -0.39 is 11.6 Å². The van der Waals surface area contributed by atoms with Gasteiger partial charge in [-0.3, -0.25) is 0 Å². The summed E-state index contributed by atoms with van der Waals surface area (Å²) < 4.78 is 30.7. The number of nitrogens with zero attached hydrogens (tertiary/aromatic N) is 1. The Balaban J connectivity index is 2.76. The summed E-state index contributed by atoms with van der Waals surface area (Å²) in [5.74, 6) is -1.54. The van der Waals surface area contributed by atoms with Crippen LogP contribution in [0.25, 0.3) is 10.9 Å². The summed E-state index contributed by atoms with van der Waals surface area (Å²) in [5, 5.41) is 0.561. The largest absolute Gasteiger partial charge is 0.494 e. The van der Waals surface area contributed by atoms with Gasteiger partial charge in [0.15, 0.2) is 22.5 Å². The second kappa shape index (κ2) is 3.62. The summed E-state index contributed by atoms with van der Waals surface area (Å²) in [6, 6.07) is 3.56. The van der Waals surface area contributed by atoms with Crippen molar-refractivity contribution in [3.05, 3.63) is 35.0 Å². The van der Waals surface area contributed by atoms with Crippen LogP contribution in [-0.4, -0.2) is 12.1 Å². The van der Waals surface area contributed by atoms with E-state index in [0.717, 1.165) is 12.1 Å². The van der Waals surface area contributed by atoms with Gasteiger partial charge in [0.2, 0.25) is 0 Å². The molecule has 0 aliphatic heterocycles. The fourth-order valence-corrected chi connectivity index (χ4v) is 1.49. The average molecular weight is 230 g/mol. The lowest BCUT2D eigenvalue weighted by atomic mass is 10.2. The third-order valence-electron chi connectivity index (χ3n) is 2.00. The van der Waals surface area contributed by atoms with Crippen molar-refractivity contribution in [2.75, 3.05) is 7.11 Å². The van der Waals surface area contributed by atoms with Crippen molar-refractivity contribution in [2.45, 2.75) is 0 Å². The molecule has 0 amide bonds. The third kappa shape index (κ3) is 1.72. The Hall–Kier alpha value is -1.42. The highest BCUT2D eigenvalue weighted by molar-refractivity contribution is 6.31. The fourth-order valence-electron chi connectivity index (χ4n) is 1.27. The molecule has 0 aliphatic rings. The molecule has 1 heterocycles. The Labute approximate surface area is 89.4 Å². The van der Waals surface area contributed by atoms with E-state index in [2.05, 4.69) is 4.98 Å². The van der Waals surface area contributed by atoms with Crippen molar-refractivity contribution in [1.82, 2.24) is 4.98 Å². The zero-order valence-corrected chi connectivity index (χ0v) is 8.48. The molecule has 5 heteroatoms. The van der Waals surface area contributed by atoms with E-state index in [1.165, 1.54) is 13.2 Å². The van der Waals surface area contributed by atoms with Crippen molar-refractivity contribution in [1.29, 1.82) is 0 Å². The van der Waals surface area contributed by atoms with E-state index in [1.807, 2.05) is 0 Å². The predicted octanol–water partition coefficient (Wildman–Crippen LogP) is 3.18. The molecule has 2 aromatic rings. The molecule has 0 saturated heterocycles. The summed E-state index contributed by atoms with van der Waals surface area (Å²) in [4.78, 5) is 3.88. The Bertz CT molecular complexity index is 530. The summed E-state index contributed by atoms with van der Waals surface area (Å²) in [7, 11) is 1.43. The van der Waals surface area contributed by atoms with Crippen molar-refractivity contribution in [3.63, 3.8) is 0 Å². The molecule has 78 valence electrons. The first-order valence-electron chi connectivity index (χ1n) is 4.11. The van der Waals surface area contributed by atoms with Crippen molar-refractivity contribution in [2.24, 2.45) is 0 Å². The second-order valence-electron chi connectivity index (χ2n) is 2.94. The maximum absolute atomic E-state index is 12.9. The molecule has 1 aromatic carbocycles. The first-order chi connectivity index (χ1) is 7.11. The maximum atomic E-state index is 12.9. The first-order valence-corrected chi connectivity index (χ1v) is 4.49. The summed E-state index contributed by atoms with van der Waals surface area (Å²) in [6.07, 6.45) is 0. The lowest BCUT2D eigenvalue weighted by molar-refractivity contribution is 0.414. The van der Waals surface area contributed by atoms with E-state index in [1.54, 1.807) is 0 Å². The van der Waals surface area contributed by atoms with Gasteiger partial charge in [0.25, 0.3) is 0 Å². The molecule has 1 aromatic heterocycles. The molecule has 0 aliphatic carbocycles. The molecule has 0 saturated carbocycles. The maximum Gasteiger partial charge on any atom is 0.171 e. The van der Waals surface area contributed by atoms with Crippen LogP contribution in [-0.2, 0) is 0 Å². The Morgan fingerprint density at radius 1 is 1.20 bits per heavy atom. The highest BCUT2D eigenvalue weighted by Crippen LogP contribution is 2.27. The minimum Gasteiger partial charge on any atom is -0.494 e. The molecule has 0 fully saturated rings. The minimum absolute atomic E-state index is 0.121. The SMILES string of the molecule is COc1cc2cc(F)c(F)cc2nc1Cl. The molecule has 0 radical (unpaired) electrons. The van der Waals surface area contributed by atoms with Crippen LogP contribution in [0.2, 0.25) is 5.15 Å². The normalized spacial score (nSPS) is 10.7. The van der Waals surface area contributed by atoms with E-state index >= 15 is 0 Å². The number of fused-ring (bicyclic) bond motifs is 1. The number of ether oxygens (including phenoxy) is 1. The standard InChI is InChI=1S/C10H6ClF2NO/c1-15-9-3-5-2-6(12)7(13)4-8(5)14-10(9)11/h2-4H,1H3. The van der Waals surface area contributed by atoms with Gasteiger partial charge in [-0.25, -0.2) is 13.8 Å². The highest BCUT2D eigenvalue weighted by atomic mass is 35.5. The molecule has 2 nitrogen and oxygen atoms in total. The molecular weight excluding hydrogens is 224 g/mol. The van der Waals surface area contributed by atoms with Gasteiger partial charge >= 0.3 is 0 Å². The first kappa shape index (κ1) is 10.1. The van der Waals surface area contributed by atoms with Crippen LogP contribution >= 0.6 is 11.6 Å². The lowest BCUT2D eigenvalue weighted by Gasteiger charge is -2.04. The fraction of sp³-hybridized carbons (Fsp3) is 0.100. The quantitative estimate of drug-likeness (QED) is 0.701. The molecule has 0 N–H and O–H groups in total.